The van der Waals surface area contributed by atoms with Gasteiger partial charge in [0.05, 0.1) is 17.5 Å². The quantitative estimate of drug-likeness (QED) is 0.713. The molecule has 0 heterocycles. The Labute approximate surface area is 168 Å². The molecular weight excluding hydrogens is 372 g/mol. The zero-order valence-corrected chi connectivity index (χ0v) is 18.1. The highest BCUT2D eigenvalue weighted by Crippen LogP contribution is 2.23. The summed E-state index contributed by atoms with van der Waals surface area (Å²) < 4.78 is 25.7. The molecule has 2 aromatic carbocycles. The highest BCUT2D eigenvalue weighted by Gasteiger charge is 2.20. The summed E-state index contributed by atoms with van der Waals surface area (Å²) in [6.45, 7) is 9.92. The Balaban J connectivity index is 2.20. The molecule has 0 spiro atoms. The van der Waals surface area contributed by atoms with Crippen molar-refractivity contribution < 1.29 is 13.2 Å². The minimum Gasteiger partial charge on any atom is -0.345 e. The number of anilines is 1. The van der Waals surface area contributed by atoms with E-state index in [0.29, 0.717) is 17.8 Å². The molecule has 2 aromatic rings. The van der Waals surface area contributed by atoms with Gasteiger partial charge in [0.2, 0.25) is 10.0 Å². The smallest absolute Gasteiger partial charge is 0.251 e. The second kappa shape index (κ2) is 9.24. The number of hydrogen-bond donors (Lipinski definition) is 1. The molecule has 0 saturated heterocycles. The third-order valence-corrected chi connectivity index (χ3v) is 6.79. The lowest BCUT2D eigenvalue weighted by atomic mass is 9.97. The molecule has 0 radical (unpaired) electrons. The normalized spacial score (nSPS) is 12.5. The van der Waals surface area contributed by atoms with Crippen molar-refractivity contribution in [2.75, 3.05) is 16.6 Å². The second-order valence-corrected chi connectivity index (χ2v) is 9.09. The summed E-state index contributed by atoms with van der Waals surface area (Å²) in [4.78, 5) is 12.7. The molecule has 1 atom stereocenters. The monoisotopic (exact) mass is 402 g/mol. The maximum atomic E-state index is 12.7. The summed E-state index contributed by atoms with van der Waals surface area (Å²) in [5.41, 5.74) is 4.55. The summed E-state index contributed by atoms with van der Waals surface area (Å²) >= 11 is 0. The lowest BCUT2D eigenvalue weighted by Gasteiger charge is -2.23. The van der Waals surface area contributed by atoms with Crippen LogP contribution in [0.4, 0.5) is 5.69 Å². The lowest BCUT2D eigenvalue weighted by Crippen LogP contribution is -2.32. The predicted octanol–water partition coefficient (Wildman–Crippen LogP) is 4.36. The summed E-state index contributed by atoms with van der Waals surface area (Å²) in [5, 5.41) is 3.09. The van der Waals surface area contributed by atoms with Crippen LogP contribution in [0.5, 0.6) is 0 Å². The fourth-order valence-electron chi connectivity index (χ4n) is 3.33. The molecule has 152 valence electrons. The molecule has 0 aliphatic rings. The van der Waals surface area contributed by atoms with Crippen molar-refractivity contribution in [2.45, 2.75) is 47.1 Å². The van der Waals surface area contributed by atoms with Crippen molar-refractivity contribution >= 4 is 21.6 Å². The van der Waals surface area contributed by atoms with Gasteiger partial charge in [-0.15, -0.1) is 0 Å². The number of nitrogens with one attached hydrogen (secondary N) is 1. The number of nitrogens with zero attached hydrogens (tertiary/aromatic N) is 1. The third kappa shape index (κ3) is 4.93. The molecule has 0 unspecified atom stereocenters. The Morgan fingerprint density at radius 3 is 2.18 bits per heavy atom. The maximum absolute atomic E-state index is 12.7. The first-order chi connectivity index (χ1) is 13.2. The Bertz CT molecular complexity index is 921. The average molecular weight is 403 g/mol. The van der Waals surface area contributed by atoms with Gasteiger partial charge in [-0.1, -0.05) is 30.7 Å². The minimum atomic E-state index is -3.33. The molecule has 0 fully saturated rings. The number of benzene rings is 2. The second-order valence-electron chi connectivity index (χ2n) is 6.91. The first-order valence-corrected chi connectivity index (χ1v) is 11.3. The molecule has 6 heteroatoms. The molecule has 0 aromatic heterocycles. The van der Waals surface area contributed by atoms with Gasteiger partial charge >= 0.3 is 0 Å². The molecule has 5 nitrogen and oxygen atoms in total. The fourth-order valence-corrected chi connectivity index (χ4v) is 4.48. The average Bonchev–Trinajstić information content (AvgIpc) is 2.67. The molecule has 0 bridgehead atoms. The summed E-state index contributed by atoms with van der Waals surface area (Å²) in [5.74, 6) is -0.128. The lowest BCUT2D eigenvalue weighted by molar-refractivity contribution is 0.0935. The number of rotatable bonds is 8. The summed E-state index contributed by atoms with van der Waals surface area (Å²) in [7, 11) is -3.33. The van der Waals surface area contributed by atoms with Crippen molar-refractivity contribution in [3.63, 3.8) is 0 Å². The van der Waals surface area contributed by atoms with Crippen LogP contribution in [0.3, 0.4) is 0 Å². The van der Waals surface area contributed by atoms with Gasteiger partial charge < -0.3 is 5.32 Å². The van der Waals surface area contributed by atoms with Crippen LogP contribution >= 0.6 is 0 Å². The molecule has 28 heavy (non-hydrogen) atoms. The highest BCUT2D eigenvalue weighted by molar-refractivity contribution is 7.92. The molecule has 0 aliphatic carbocycles. The van der Waals surface area contributed by atoms with Crippen LogP contribution in [0, 0.1) is 13.8 Å². The van der Waals surface area contributed by atoms with Crippen molar-refractivity contribution in [3.8, 4) is 0 Å². The van der Waals surface area contributed by atoms with Crippen LogP contribution in [0.2, 0.25) is 0 Å². The van der Waals surface area contributed by atoms with Gasteiger partial charge in [0.25, 0.3) is 5.91 Å². The van der Waals surface area contributed by atoms with Gasteiger partial charge in [-0.05, 0) is 69.5 Å². The standard InChI is InChI=1S/C22H30N2O3S/c1-6-21(20-14-9-16(4)15-17(20)5)23-22(25)18-10-12-19(13-11-18)24(7-2)28(26,27)8-3/h9-15,21H,6-8H2,1-5H3,(H,23,25)/t21-/m1/s1. The fraction of sp³-hybridized carbons (Fsp3) is 0.409. The van der Waals surface area contributed by atoms with Crippen LogP contribution < -0.4 is 9.62 Å². The first kappa shape index (κ1) is 22.0. The Morgan fingerprint density at radius 2 is 1.68 bits per heavy atom. The van der Waals surface area contributed by atoms with Crippen LogP contribution in [0.1, 0.15) is 60.3 Å². The minimum absolute atomic E-state index is 0.0388. The highest BCUT2D eigenvalue weighted by atomic mass is 32.2. The van der Waals surface area contributed by atoms with Gasteiger partial charge in [0, 0.05) is 12.1 Å². The first-order valence-electron chi connectivity index (χ1n) is 9.71. The van der Waals surface area contributed by atoms with Crippen molar-refractivity contribution in [1.82, 2.24) is 5.32 Å². The van der Waals surface area contributed by atoms with E-state index in [4.69, 9.17) is 0 Å². The SMILES string of the molecule is CC[C@@H](NC(=O)c1ccc(N(CC)S(=O)(=O)CC)cc1)c1ccc(C)cc1C. The van der Waals surface area contributed by atoms with Gasteiger partial charge in [0.1, 0.15) is 0 Å². The molecule has 0 aliphatic heterocycles. The van der Waals surface area contributed by atoms with Crippen LogP contribution in [-0.4, -0.2) is 26.6 Å². The van der Waals surface area contributed by atoms with E-state index < -0.39 is 10.0 Å². The predicted molar refractivity (Wildman–Crippen MR) is 115 cm³/mol. The van der Waals surface area contributed by atoms with Crippen LogP contribution in [-0.2, 0) is 10.0 Å². The topological polar surface area (TPSA) is 66.5 Å². The van der Waals surface area contributed by atoms with E-state index in [2.05, 4.69) is 37.4 Å². The molecule has 1 amide bonds. The van der Waals surface area contributed by atoms with E-state index in [1.165, 1.54) is 9.87 Å². The Morgan fingerprint density at radius 1 is 1.04 bits per heavy atom. The number of hydrogen-bond acceptors (Lipinski definition) is 3. The van der Waals surface area contributed by atoms with Crippen molar-refractivity contribution in [3.05, 3.63) is 64.7 Å². The van der Waals surface area contributed by atoms with E-state index >= 15 is 0 Å². The number of carbonyl (C=O) groups is 1. The van der Waals surface area contributed by atoms with Crippen molar-refractivity contribution in [2.24, 2.45) is 0 Å². The third-order valence-electron chi connectivity index (χ3n) is 4.92. The maximum Gasteiger partial charge on any atom is 0.251 e. The number of carbonyl (C=O) groups excluding carboxylic acids is 1. The van der Waals surface area contributed by atoms with Crippen molar-refractivity contribution in [1.29, 1.82) is 0 Å². The number of sulfonamides is 1. The van der Waals surface area contributed by atoms with Gasteiger partial charge in [-0.3, -0.25) is 9.10 Å². The summed E-state index contributed by atoms with van der Waals surface area (Å²) in [6, 6.07) is 12.9. The van der Waals surface area contributed by atoms with Crippen LogP contribution in [0.25, 0.3) is 0 Å². The van der Waals surface area contributed by atoms with E-state index in [-0.39, 0.29) is 17.7 Å². The van der Waals surface area contributed by atoms with E-state index in [1.54, 1.807) is 38.1 Å². The molecular formula is C22H30N2O3S. The Hall–Kier alpha value is -2.34. The van der Waals surface area contributed by atoms with Gasteiger partial charge in [-0.25, -0.2) is 8.42 Å². The molecule has 1 N–H and O–H groups in total. The van der Waals surface area contributed by atoms with E-state index in [0.717, 1.165) is 17.5 Å². The van der Waals surface area contributed by atoms with E-state index in [1.807, 2.05) is 6.92 Å². The number of amides is 1. The zero-order chi connectivity index (χ0) is 20.9. The number of aryl methyl sites for hydroxylation is 2. The Kier molecular flexibility index (Phi) is 7.24. The van der Waals surface area contributed by atoms with E-state index in [9.17, 15) is 13.2 Å². The van der Waals surface area contributed by atoms with Gasteiger partial charge in [0.15, 0.2) is 0 Å². The molecule has 0 saturated carbocycles. The summed E-state index contributed by atoms with van der Waals surface area (Å²) in [6.07, 6.45) is 0.784. The van der Waals surface area contributed by atoms with Gasteiger partial charge in [-0.2, -0.15) is 0 Å². The molecule has 2 rings (SSSR count). The van der Waals surface area contributed by atoms with Crippen LogP contribution in [0.15, 0.2) is 42.5 Å². The largest absolute Gasteiger partial charge is 0.345 e. The zero-order valence-electron chi connectivity index (χ0n) is 17.3.